The molecule has 2 aliphatic rings. The van der Waals surface area contributed by atoms with Gasteiger partial charge < -0.3 is 5.32 Å². The first kappa shape index (κ1) is 10.9. The fourth-order valence-electron chi connectivity index (χ4n) is 3.52. The quantitative estimate of drug-likeness (QED) is 0.904. The second kappa shape index (κ2) is 3.78. The number of aromatic nitrogens is 2. The number of rotatable bonds is 2. The molecule has 2 bridgehead atoms. The minimum absolute atomic E-state index is 0.387. The molecule has 4 heterocycles. The molecule has 2 aromatic heterocycles. The maximum Gasteiger partial charge on any atom is 0.193 e. The lowest BCUT2D eigenvalue weighted by Crippen LogP contribution is -2.47. The van der Waals surface area contributed by atoms with Crippen LogP contribution in [0.3, 0.4) is 0 Å². The van der Waals surface area contributed by atoms with E-state index in [0.29, 0.717) is 31.3 Å². The molecule has 18 heavy (non-hydrogen) atoms. The third-order valence-corrected chi connectivity index (χ3v) is 4.97. The van der Waals surface area contributed by atoms with Crippen molar-refractivity contribution in [1.29, 1.82) is 0 Å². The van der Waals surface area contributed by atoms with Crippen molar-refractivity contribution in [2.24, 2.45) is 0 Å². The molecule has 0 spiro atoms. The number of fused-ring (bicyclic) bond motifs is 3. The summed E-state index contributed by atoms with van der Waals surface area (Å²) in [6, 6.07) is 0.773. The van der Waals surface area contributed by atoms with E-state index in [1.54, 1.807) is 11.3 Å². The van der Waals surface area contributed by atoms with Crippen LogP contribution in [0.25, 0.3) is 4.96 Å². The molecule has 2 aliphatic heterocycles. The summed E-state index contributed by atoms with van der Waals surface area (Å²) in [6.45, 7) is 0. The Bertz CT molecular complexity index is 535. The van der Waals surface area contributed by atoms with Gasteiger partial charge >= 0.3 is 0 Å². The Morgan fingerprint density at radius 2 is 2.22 bits per heavy atom. The molecule has 2 unspecified atom stereocenters. The maximum atomic E-state index is 14.9. The van der Waals surface area contributed by atoms with Gasteiger partial charge in [-0.3, -0.25) is 4.40 Å². The maximum absolute atomic E-state index is 14.9. The zero-order chi connectivity index (χ0) is 12.2. The van der Waals surface area contributed by atoms with E-state index in [2.05, 4.69) is 10.3 Å². The van der Waals surface area contributed by atoms with Crippen LogP contribution in [0.15, 0.2) is 17.8 Å². The van der Waals surface area contributed by atoms with Crippen molar-refractivity contribution in [3.05, 3.63) is 23.5 Å². The molecule has 0 radical (unpaired) electrons. The topological polar surface area (TPSA) is 29.3 Å². The Kier molecular flexibility index (Phi) is 2.29. The number of thiazole rings is 1. The standard InChI is InChI=1S/C13H16FN3S/c14-13(5-9-1-2-10(6-13)15-9)7-11-8-17-3-4-18-12(17)16-11/h3-4,8-10,15H,1-2,5-7H2. The van der Waals surface area contributed by atoms with Crippen molar-refractivity contribution in [2.45, 2.75) is 49.9 Å². The van der Waals surface area contributed by atoms with Gasteiger partial charge in [0.2, 0.25) is 0 Å². The molecule has 5 heteroatoms. The number of nitrogens with zero attached hydrogens (tertiary/aromatic N) is 2. The highest BCUT2D eigenvalue weighted by Crippen LogP contribution is 2.38. The van der Waals surface area contributed by atoms with E-state index in [-0.39, 0.29) is 0 Å². The number of piperidine rings is 1. The molecule has 2 aromatic rings. The number of imidazole rings is 1. The summed E-state index contributed by atoms with van der Waals surface area (Å²) in [5.74, 6) is 0. The monoisotopic (exact) mass is 265 g/mol. The SMILES string of the molecule is FC1(Cc2cn3ccsc3n2)CC2CCC(C1)N2. The normalized spacial score (nSPS) is 35.4. The summed E-state index contributed by atoms with van der Waals surface area (Å²) in [7, 11) is 0. The van der Waals surface area contributed by atoms with Crippen molar-refractivity contribution in [3.63, 3.8) is 0 Å². The van der Waals surface area contributed by atoms with E-state index in [1.165, 1.54) is 0 Å². The number of halogens is 1. The summed E-state index contributed by atoms with van der Waals surface area (Å²) in [5, 5.41) is 5.49. The van der Waals surface area contributed by atoms with Crippen LogP contribution in [0, 0.1) is 0 Å². The molecular formula is C13H16FN3S. The van der Waals surface area contributed by atoms with Gasteiger partial charge in [-0.2, -0.15) is 0 Å². The van der Waals surface area contributed by atoms with Crippen molar-refractivity contribution in [3.8, 4) is 0 Å². The molecule has 2 saturated heterocycles. The van der Waals surface area contributed by atoms with Crippen LogP contribution in [0.5, 0.6) is 0 Å². The average Bonchev–Trinajstić information content (AvgIpc) is 2.93. The van der Waals surface area contributed by atoms with Crippen molar-refractivity contribution < 1.29 is 4.39 Å². The smallest absolute Gasteiger partial charge is 0.193 e. The van der Waals surface area contributed by atoms with Gasteiger partial charge in [0, 0.05) is 36.3 Å². The van der Waals surface area contributed by atoms with Gasteiger partial charge in [-0.15, -0.1) is 11.3 Å². The lowest BCUT2D eigenvalue weighted by Gasteiger charge is -2.34. The summed E-state index contributed by atoms with van der Waals surface area (Å²) in [4.78, 5) is 5.47. The molecule has 96 valence electrons. The first-order chi connectivity index (χ1) is 8.70. The van der Waals surface area contributed by atoms with Gasteiger partial charge in [0.1, 0.15) is 5.67 Å². The third-order valence-electron chi connectivity index (χ3n) is 4.20. The first-order valence-corrected chi connectivity index (χ1v) is 7.44. The van der Waals surface area contributed by atoms with Crippen LogP contribution in [0.2, 0.25) is 0 Å². The first-order valence-electron chi connectivity index (χ1n) is 6.56. The summed E-state index contributed by atoms with van der Waals surface area (Å²) in [5.41, 5.74) is -0.160. The van der Waals surface area contributed by atoms with Crippen molar-refractivity contribution >= 4 is 16.3 Å². The molecule has 1 N–H and O–H groups in total. The van der Waals surface area contributed by atoms with Gasteiger partial charge in [0.05, 0.1) is 5.69 Å². The Balaban J connectivity index is 1.58. The largest absolute Gasteiger partial charge is 0.311 e. The molecule has 0 aromatic carbocycles. The predicted octanol–water partition coefficient (Wildman–Crippen LogP) is 2.56. The van der Waals surface area contributed by atoms with Gasteiger partial charge in [0.25, 0.3) is 0 Å². The summed E-state index contributed by atoms with van der Waals surface area (Å²) in [6.07, 6.45) is 7.98. The molecule has 0 amide bonds. The van der Waals surface area contributed by atoms with E-state index in [1.807, 2.05) is 22.2 Å². The number of hydrogen-bond acceptors (Lipinski definition) is 3. The van der Waals surface area contributed by atoms with E-state index in [0.717, 1.165) is 23.5 Å². The Labute approximate surface area is 109 Å². The van der Waals surface area contributed by atoms with Crippen molar-refractivity contribution in [2.75, 3.05) is 0 Å². The zero-order valence-electron chi connectivity index (χ0n) is 10.1. The minimum Gasteiger partial charge on any atom is -0.311 e. The minimum atomic E-state index is -1.05. The van der Waals surface area contributed by atoms with Gasteiger partial charge in [0.15, 0.2) is 4.96 Å². The molecule has 3 nitrogen and oxygen atoms in total. The summed E-state index contributed by atoms with van der Waals surface area (Å²) >= 11 is 1.60. The van der Waals surface area contributed by atoms with Crippen molar-refractivity contribution in [1.82, 2.24) is 14.7 Å². The molecule has 2 atom stereocenters. The highest BCUT2D eigenvalue weighted by atomic mass is 32.1. The van der Waals surface area contributed by atoms with Crippen LogP contribution in [-0.2, 0) is 6.42 Å². The zero-order valence-corrected chi connectivity index (χ0v) is 10.9. The van der Waals surface area contributed by atoms with Crippen LogP contribution >= 0.6 is 11.3 Å². The van der Waals surface area contributed by atoms with Crippen LogP contribution in [0.1, 0.15) is 31.4 Å². The second-order valence-corrected chi connectivity index (χ2v) is 6.57. The number of hydrogen-bond donors (Lipinski definition) is 1. The average molecular weight is 265 g/mol. The lowest BCUT2D eigenvalue weighted by molar-refractivity contribution is 0.0884. The van der Waals surface area contributed by atoms with Crippen LogP contribution in [0.4, 0.5) is 4.39 Å². The number of alkyl halides is 1. The van der Waals surface area contributed by atoms with Gasteiger partial charge in [-0.1, -0.05) is 0 Å². The fraction of sp³-hybridized carbons (Fsp3) is 0.615. The highest BCUT2D eigenvalue weighted by molar-refractivity contribution is 7.15. The van der Waals surface area contributed by atoms with Crippen LogP contribution in [-0.4, -0.2) is 27.1 Å². The highest BCUT2D eigenvalue weighted by Gasteiger charge is 2.44. The molecular weight excluding hydrogens is 249 g/mol. The Morgan fingerprint density at radius 3 is 2.94 bits per heavy atom. The fourth-order valence-corrected chi connectivity index (χ4v) is 4.24. The van der Waals surface area contributed by atoms with E-state index in [4.69, 9.17) is 0 Å². The summed E-state index contributed by atoms with van der Waals surface area (Å²) < 4.78 is 16.9. The molecule has 0 aliphatic carbocycles. The third kappa shape index (κ3) is 1.77. The van der Waals surface area contributed by atoms with E-state index >= 15 is 0 Å². The lowest BCUT2D eigenvalue weighted by atomic mass is 9.85. The molecule has 0 saturated carbocycles. The van der Waals surface area contributed by atoms with Gasteiger partial charge in [-0.25, -0.2) is 9.37 Å². The molecule has 2 fully saturated rings. The predicted molar refractivity (Wildman–Crippen MR) is 69.8 cm³/mol. The Morgan fingerprint density at radius 1 is 1.44 bits per heavy atom. The van der Waals surface area contributed by atoms with Gasteiger partial charge in [-0.05, 0) is 25.7 Å². The Hall–Kier alpha value is -0.940. The molecule has 4 rings (SSSR count). The van der Waals surface area contributed by atoms with Crippen LogP contribution < -0.4 is 5.32 Å². The number of nitrogens with one attached hydrogen (secondary N) is 1. The van der Waals surface area contributed by atoms with E-state index < -0.39 is 5.67 Å². The second-order valence-electron chi connectivity index (χ2n) is 5.70. The van der Waals surface area contributed by atoms with E-state index in [9.17, 15) is 4.39 Å².